The van der Waals surface area contributed by atoms with E-state index in [0.717, 1.165) is 12.6 Å². The van der Waals surface area contributed by atoms with Crippen LogP contribution in [0, 0.1) is 5.82 Å². The first-order chi connectivity index (χ1) is 9.61. The predicted molar refractivity (Wildman–Crippen MR) is 76.3 cm³/mol. The molecule has 0 unspecified atom stereocenters. The quantitative estimate of drug-likeness (QED) is 0.894. The number of benzene rings is 1. The summed E-state index contributed by atoms with van der Waals surface area (Å²) in [5.74, 6) is -1.55. The Bertz CT molecular complexity index is 470. The predicted octanol–water partition coefficient (Wildman–Crippen LogP) is 3.68. The molecule has 0 atom stereocenters. The Balaban J connectivity index is 2.16. The average molecular weight is 279 g/mol. The van der Waals surface area contributed by atoms with Gasteiger partial charge in [0.15, 0.2) is 0 Å². The molecule has 3 nitrogen and oxygen atoms in total. The Morgan fingerprint density at radius 2 is 2.05 bits per heavy atom. The number of rotatable bonds is 5. The molecule has 1 saturated carbocycles. The number of aromatic carboxylic acids is 1. The Morgan fingerprint density at radius 1 is 1.35 bits per heavy atom. The molecule has 0 aromatic heterocycles. The van der Waals surface area contributed by atoms with E-state index in [1.165, 1.54) is 38.2 Å². The van der Waals surface area contributed by atoms with Gasteiger partial charge in [-0.25, -0.2) is 9.18 Å². The molecule has 0 amide bonds. The topological polar surface area (TPSA) is 40.5 Å². The summed E-state index contributed by atoms with van der Waals surface area (Å²) in [5.41, 5.74) is 0.783. The van der Waals surface area contributed by atoms with Crippen molar-refractivity contribution in [3.8, 4) is 0 Å². The number of carbonyl (C=O) groups is 1. The Labute approximate surface area is 119 Å². The van der Waals surface area contributed by atoms with Crippen LogP contribution >= 0.6 is 0 Å². The molecule has 110 valence electrons. The Hall–Kier alpha value is -1.42. The highest BCUT2D eigenvalue weighted by Gasteiger charge is 2.21. The average Bonchev–Trinajstić information content (AvgIpc) is 2.46. The maximum Gasteiger partial charge on any atom is 0.336 e. The normalized spacial score (nSPS) is 16.6. The lowest BCUT2D eigenvalue weighted by Gasteiger charge is -2.33. The van der Waals surface area contributed by atoms with E-state index in [-0.39, 0.29) is 5.56 Å². The van der Waals surface area contributed by atoms with Crippen LogP contribution in [0.15, 0.2) is 18.2 Å². The summed E-state index contributed by atoms with van der Waals surface area (Å²) in [7, 11) is 0. The van der Waals surface area contributed by atoms with Crippen LogP contribution in [0.5, 0.6) is 0 Å². The number of hydrogen-bond acceptors (Lipinski definition) is 2. The third-order valence-electron chi connectivity index (χ3n) is 4.17. The van der Waals surface area contributed by atoms with E-state index in [9.17, 15) is 14.3 Å². The van der Waals surface area contributed by atoms with E-state index in [0.29, 0.717) is 18.2 Å². The van der Waals surface area contributed by atoms with Crippen molar-refractivity contribution < 1.29 is 14.3 Å². The summed E-state index contributed by atoms with van der Waals surface area (Å²) in [5, 5.41) is 9.20. The maximum atomic E-state index is 13.2. The Kier molecular flexibility index (Phi) is 5.12. The van der Waals surface area contributed by atoms with Crippen molar-refractivity contribution in [2.45, 2.75) is 51.6 Å². The summed E-state index contributed by atoms with van der Waals surface area (Å²) >= 11 is 0. The lowest BCUT2D eigenvalue weighted by atomic mass is 9.93. The van der Waals surface area contributed by atoms with Gasteiger partial charge in [0.2, 0.25) is 0 Å². The SMILES string of the molecule is CCN(Cc1ccc(F)cc1C(=O)O)C1CCCCC1. The lowest BCUT2D eigenvalue weighted by Crippen LogP contribution is -2.36. The maximum absolute atomic E-state index is 13.2. The van der Waals surface area contributed by atoms with Crippen molar-refractivity contribution >= 4 is 5.97 Å². The molecule has 20 heavy (non-hydrogen) atoms. The smallest absolute Gasteiger partial charge is 0.336 e. The second-order valence-corrected chi connectivity index (χ2v) is 5.46. The van der Waals surface area contributed by atoms with Gasteiger partial charge in [-0.3, -0.25) is 4.90 Å². The second kappa shape index (κ2) is 6.84. The minimum atomic E-state index is -1.06. The molecule has 1 fully saturated rings. The molecule has 4 heteroatoms. The van der Waals surface area contributed by atoms with E-state index in [1.54, 1.807) is 6.07 Å². The first-order valence-corrected chi connectivity index (χ1v) is 7.37. The highest BCUT2D eigenvalue weighted by atomic mass is 19.1. The summed E-state index contributed by atoms with van der Waals surface area (Å²) in [6.07, 6.45) is 6.15. The summed E-state index contributed by atoms with van der Waals surface area (Å²) in [4.78, 5) is 13.6. The summed E-state index contributed by atoms with van der Waals surface area (Å²) in [6.45, 7) is 3.57. The van der Waals surface area contributed by atoms with Crippen LogP contribution in [0.3, 0.4) is 0 Å². The molecule has 0 bridgehead atoms. The number of hydrogen-bond donors (Lipinski definition) is 1. The second-order valence-electron chi connectivity index (χ2n) is 5.46. The molecular formula is C16H22FNO2. The van der Waals surface area contributed by atoms with Gasteiger partial charge in [-0.2, -0.15) is 0 Å². The molecule has 0 aliphatic heterocycles. The molecule has 0 radical (unpaired) electrons. The molecule has 0 spiro atoms. The van der Waals surface area contributed by atoms with Crippen LogP contribution in [-0.2, 0) is 6.54 Å². The van der Waals surface area contributed by atoms with Crippen LogP contribution in [0.1, 0.15) is 54.9 Å². The van der Waals surface area contributed by atoms with Crippen molar-refractivity contribution in [3.63, 3.8) is 0 Å². The minimum Gasteiger partial charge on any atom is -0.478 e. The number of carboxylic acids is 1. The molecule has 1 aromatic rings. The highest BCUT2D eigenvalue weighted by molar-refractivity contribution is 5.89. The molecule has 1 aromatic carbocycles. The van der Waals surface area contributed by atoms with Crippen molar-refractivity contribution in [2.24, 2.45) is 0 Å². The van der Waals surface area contributed by atoms with Gasteiger partial charge in [-0.1, -0.05) is 32.3 Å². The first kappa shape index (κ1) is 15.0. The van der Waals surface area contributed by atoms with E-state index in [1.807, 2.05) is 0 Å². The minimum absolute atomic E-state index is 0.0826. The fourth-order valence-corrected chi connectivity index (χ4v) is 3.05. The van der Waals surface area contributed by atoms with Crippen molar-refractivity contribution in [1.29, 1.82) is 0 Å². The van der Waals surface area contributed by atoms with Gasteiger partial charge in [0, 0.05) is 12.6 Å². The van der Waals surface area contributed by atoms with E-state index in [2.05, 4.69) is 11.8 Å². The fraction of sp³-hybridized carbons (Fsp3) is 0.562. The van der Waals surface area contributed by atoms with E-state index >= 15 is 0 Å². The van der Waals surface area contributed by atoms with Gasteiger partial charge >= 0.3 is 5.97 Å². The standard InChI is InChI=1S/C16H22FNO2/c1-2-18(14-6-4-3-5-7-14)11-12-8-9-13(17)10-15(12)16(19)20/h8-10,14H,2-7,11H2,1H3,(H,19,20). The van der Waals surface area contributed by atoms with Gasteiger partial charge in [-0.05, 0) is 37.1 Å². The van der Waals surface area contributed by atoms with Crippen molar-refractivity contribution in [2.75, 3.05) is 6.54 Å². The largest absolute Gasteiger partial charge is 0.478 e. The number of halogens is 1. The molecule has 2 rings (SSSR count). The third-order valence-corrected chi connectivity index (χ3v) is 4.17. The molecule has 1 N–H and O–H groups in total. The molecule has 0 heterocycles. The van der Waals surface area contributed by atoms with Gasteiger partial charge in [0.1, 0.15) is 5.82 Å². The van der Waals surface area contributed by atoms with Crippen LogP contribution in [0.2, 0.25) is 0 Å². The zero-order valence-corrected chi connectivity index (χ0v) is 11.9. The van der Waals surface area contributed by atoms with Gasteiger partial charge < -0.3 is 5.11 Å². The van der Waals surface area contributed by atoms with E-state index in [4.69, 9.17) is 0 Å². The zero-order chi connectivity index (χ0) is 14.5. The Morgan fingerprint density at radius 3 is 2.65 bits per heavy atom. The molecule has 0 saturated heterocycles. The third kappa shape index (κ3) is 3.57. The van der Waals surface area contributed by atoms with Gasteiger partial charge in [0.05, 0.1) is 5.56 Å². The van der Waals surface area contributed by atoms with Crippen LogP contribution in [-0.4, -0.2) is 28.6 Å². The first-order valence-electron chi connectivity index (χ1n) is 7.37. The summed E-state index contributed by atoms with van der Waals surface area (Å²) < 4.78 is 13.2. The van der Waals surface area contributed by atoms with E-state index < -0.39 is 11.8 Å². The number of carboxylic acid groups (broad SMARTS) is 1. The van der Waals surface area contributed by atoms with Crippen LogP contribution in [0.25, 0.3) is 0 Å². The summed E-state index contributed by atoms with van der Waals surface area (Å²) in [6, 6.07) is 4.59. The zero-order valence-electron chi connectivity index (χ0n) is 11.9. The lowest BCUT2D eigenvalue weighted by molar-refractivity contribution is 0.0692. The van der Waals surface area contributed by atoms with Crippen LogP contribution < -0.4 is 0 Å². The molecule has 1 aliphatic carbocycles. The molecular weight excluding hydrogens is 257 g/mol. The van der Waals surface area contributed by atoms with Crippen LogP contribution in [0.4, 0.5) is 4.39 Å². The van der Waals surface area contributed by atoms with Crippen molar-refractivity contribution in [3.05, 3.63) is 35.1 Å². The number of nitrogens with zero attached hydrogens (tertiary/aromatic N) is 1. The van der Waals surface area contributed by atoms with Gasteiger partial charge in [-0.15, -0.1) is 0 Å². The van der Waals surface area contributed by atoms with Crippen molar-refractivity contribution in [1.82, 2.24) is 4.90 Å². The molecule has 1 aliphatic rings. The highest BCUT2D eigenvalue weighted by Crippen LogP contribution is 2.24. The van der Waals surface area contributed by atoms with Gasteiger partial charge in [0.25, 0.3) is 0 Å². The monoisotopic (exact) mass is 279 g/mol. The fourth-order valence-electron chi connectivity index (χ4n) is 3.05.